The van der Waals surface area contributed by atoms with Crippen molar-refractivity contribution in [1.82, 2.24) is 4.31 Å². The standard InChI is InChI=1S/C22H28N2O4S/c1-16-11-17(2)15-24(14-16)29(26,27)21-9-7-19(8-10-21)23-22(25)13-18-5-4-6-20(12-18)28-3/h4-10,12,16-17H,11,13-15H2,1-3H3,(H,23,25)/t16-,17-/m0/s1. The van der Waals surface area contributed by atoms with Gasteiger partial charge in [0.1, 0.15) is 5.75 Å². The van der Waals surface area contributed by atoms with Crippen molar-refractivity contribution in [2.24, 2.45) is 11.8 Å². The van der Waals surface area contributed by atoms with E-state index in [4.69, 9.17) is 4.74 Å². The van der Waals surface area contributed by atoms with Crippen LogP contribution in [0.25, 0.3) is 0 Å². The number of benzene rings is 2. The van der Waals surface area contributed by atoms with Gasteiger partial charge in [0.25, 0.3) is 0 Å². The fraction of sp³-hybridized carbons (Fsp3) is 0.409. The molecular weight excluding hydrogens is 388 g/mol. The second kappa shape index (κ2) is 8.97. The Labute approximate surface area is 172 Å². The average Bonchev–Trinajstić information content (AvgIpc) is 2.67. The molecule has 0 spiro atoms. The molecule has 1 amide bonds. The number of anilines is 1. The van der Waals surface area contributed by atoms with Crippen molar-refractivity contribution >= 4 is 21.6 Å². The second-order valence-electron chi connectivity index (χ2n) is 7.87. The number of hydrogen-bond donors (Lipinski definition) is 1. The number of amides is 1. The number of ether oxygens (including phenoxy) is 1. The molecule has 29 heavy (non-hydrogen) atoms. The molecule has 1 saturated heterocycles. The molecule has 0 bridgehead atoms. The van der Waals surface area contributed by atoms with Crippen LogP contribution in [0.1, 0.15) is 25.8 Å². The Morgan fingerprint density at radius 1 is 1.10 bits per heavy atom. The molecule has 3 rings (SSSR count). The van der Waals surface area contributed by atoms with E-state index >= 15 is 0 Å². The second-order valence-corrected chi connectivity index (χ2v) is 9.81. The van der Waals surface area contributed by atoms with Gasteiger partial charge in [-0.05, 0) is 60.2 Å². The van der Waals surface area contributed by atoms with Crippen LogP contribution in [0, 0.1) is 11.8 Å². The number of sulfonamides is 1. The zero-order valence-corrected chi connectivity index (χ0v) is 17.9. The molecular formula is C22H28N2O4S. The highest BCUT2D eigenvalue weighted by atomic mass is 32.2. The van der Waals surface area contributed by atoms with Gasteiger partial charge in [-0.3, -0.25) is 4.79 Å². The molecule has 0 radical (unpaired) electrons. The summed E-state index contributed by atoms with van der Waals surface area (Å²) in [7, 11) is -1.94. The highest BCUT2D eigenvalue weighted by Crippen LogP contribution is 2.27. The molecule has 1 heterocycles. The highest BCUT2D eigenvalue weighted by Gasteiger charge is 2.31. The maximum absolute atomic E-state index is 12.9. The van der Waals surface area contributed by atoms with Crippen molar-refractivity contribution in [2.75, 3.05) is 25.5 Å². The van der Waals surface area contributed by atoms with Crippen molar-refractivity contribution in [3.63, 3.8) is 0 Å². The molecule has 0 aliphatic carbocycles. The Kier molecular flexibility index (Phi) is 6.59. The van der Waals surface area contributed by atoms with Gasteiger partial charge in [0.2, 0.25) is 15.9 Å². The van der Waals surface area contributed by atoms with Gasteiger partial charge in [0.15, 0.2) is 0 Å². The highest BCUT2D eigenvalue weighted by molar-refractivity contribution is 7.89. The van der Waals surface area contributed by atoms with E-state index < -0.39 is 10.0 Å². The SMILES string of the molecule is COc1cccc(CC(=O)Nc2ccc(S(=O)(=O)N3C[C@@H](C)C[C@H](C)C3)cc2)c1. The molecule has 0 unspecified atom stereocenters. The van der Waals surface area contributed by atoms with Crippen LogP contribution >= 0.6 is 0 Å². The van der Waals surface area contributed by atoms with E-state index in [1.54, 1.807) is 35.7 Å². The first-order valence-corrected chi connectivity index (χ1v) is 11.2. The number of rotatable bonds is 6. The van der Waals surface area contributed by atoms with Crippen LogP contribution in [-0.2, 0) is 21.2 Å². The third-order valence-electron chi connectivity index (χ3n) is 5.11. The normalized spacial score (nSPS) is 20.2. The summed E-state index contributed by atoms with van der Waals surface area (Å²) in [6.45, 7) is 5.26. The van der Waals surface area contributed by atoms with Crippen LogP contribution in [0.15, 0.2) is 53.4 Å². The smallest absolute Gasteiger partial charge is 0.243 e. The summed E-state index contributed by atoms with van der Waals surface area (Å²) in [4.78, 5) is 12.6. The summed E-state index contributed by atoms with van der Waals surface area (Å²) >= 11 is 0. The fourth-order valence-corrected chi connectivity index (χ4v) is 5.51. The molecule has 0 saturated carbocycles. The van der Waals surface area contributed by atoms with Gasteiger partial charge in [-0.15, -0.1) is 0 Å². The summed E-state index contributed by atoms with van der Waals surface area (Å²) in [5, 5.41) is 2.81. The molecule has 1 aliphatic rings. The minimum absolute atomic E-state index is 0.174. The topological polar surface area (TPSA) is 75.7 Å². The lowest BCUT2D eigenvalue weighted by Crippen LogP contribution is -2.42. The van der Waals surface area contributed by atoms with Crippen LogP contribution in [0.2, 0.25) is 0 Å². The van der Waals surface area contributed by atoms with Crippen molar-refractivity contribution in [2.45, 2.75) is 31.6 Å². The number of nitrogens with zero attached hydrogens (tertiary/aromatic N) is 1. The zero-order valence-electron chi connectivity index (χ0n) is 17.1. The first-order valence-electron chi connectivity index (χ1n) is 9.81. The Balaban J connectivity index is 1.65. The van der Waals surface area contributed by atoms with E-state index in [1.807, 2.05) is 24.3 Å². The summed E-state index contributed by atoms with van der Waals surface area (Å²) in [5.41, 5.74) is 1.41. The number of piperidine rings is 1. The maximum atomic E-state index is 12.9. The molecule has 1 N–H and O–H groups in total. The van der Waals surface area contributed by atoms with Gasteiger partial charge in [-0.1, -0.05) is 26.0 Å². The number of nitrogens with one attached hydrogen (secondary N) is 1. The Morgan fingerprint density at radius 2 is 1.76 bits per heavy atom. The number of carbonyl (C=O) groups is 1. The zero-order chi connectivity index (χ0) is 21.0. The minimum Gasteiger partial charge on any atom is -0.497 e. The minimum atomic E-state index is -3.52. The molecule has 0 aromatic heterocycles. The number of hydrogen-bond acceptors (Lipinski definition) is 4. The van der Waals surface area contributed by atoms with Crippen molar-refractivity contribution in [1.29, 1.82) is 0 Å². The van der Waals surface area contributed by atoms with Crippen LogP contribution < -0.4 is 10.1 Å². The van der Waals surface area contributed by atoms with Crippen LogP contribution in [0.4, 0.5) is 5.69 Å². The largest absolute Gasteiger partial charge is 0.497 e. The monoisotopic (exact) mass is 416 g/mol. The van der Waals surface area contributed by atoms with Gasteiger partial charge >= 0.3 is 0 Å². The summed E-state index contributed by atoms with van der Waals surface area (Å²) in [6.07, 6.45) is 1.26. The molecule has 6 nitrogen and oxygen atoms in total. The van der Waals surface area contributed by atoms with Gasteiger partial charge in [-0.2, -0.15) is 4.31 Å². The third-order valence-corrected chi connectivity index (χ3v) is 6.96. The Morgan fingerprint density at radius 3 is 2.38 bits per heavy atom. The number of methoxy groups -OCH3 is 1. The molecule has 156 valence electrons. The summed E-state index contributed by atoms with van der Waals surface area (Å²) < 4.78 is 32.6. The van der Waals surface area contributed by atoms with Gasteiger partial charge in [0.05, 0.1) is 18.4 Å². The van der Waals surface area contributed by atoms with Crippen molar-refractivity contribution < 1.29 is 17.9 Å². The van der Waals surface area contributed by atoms with E-state index in [1.165, 1.54) is 0 Å². The Bertz CT molecular complexity index is 947. The van der Waals surface area contributed by atoms with Crippen LogP contribution in [-0.4, -0.2) is 38.8 Å². The van der Waals surface area contributed by atoms with E-state index in [9.17, 15) is 13.2 Å². The first-order chi connectivity index (χ1) is 13.8. The Hall–Kier alpha value is -2.38. The molecule has 7 heteroatoms. The van der Waals surface area contributed by atoms with Crippen molar-refractivity contribution in [3.05, 3.63) is 54.1 Å². The van der Waals surface area contributed by atoms with E-state index in [0.717, 1.165) is 12.0 Å². The molecule has 1 fully saturated rings. The molecule has 1 aliphatic heterocycles. The van der Waals surface area contributed by atoms with Crippen LogP contribution in [0.5, 0.6) is 5.75 Å². The predicted molar refractivity (Wildman–Crippen MR) is 113 cm³/mol. The molecule has 2 aromatic carbocycles. The lowest BCUT2D eigenvalue weighted by molar-refractivity contribution is -0.115. The van der Waals surface area contributed by atoms with Gasteiger partial charge < -0.3 is 10.1 Å². The van der Waals surface area contributed by atoms with E-state index in [2.05, 4.69) is 19.2 Å². The van der Waals surface area contributed by atoms with E-state index in [-0.39, 0.29) is 17.2 Å². The fourth-order valence-electron chi connectivity index (χ4n) is 3.83. The lowest BCUT2D eigenvalue weighted by Gasteiger charge is -2.34. The number of carbonyl (C=O) groups excluding carboxylic acids is 1. The molecule has 2 atom stereocenters. The van der Waals surface area contributed by atoms with Crippen molar-refractivity contribution in [3.8, 4) is 5.75 Å². The maximum Gasteiger partial charge on any atom is 0.243 e. The van der Waals surface area contributed by atoms with E-state index in [0.29, 0.717) is 36.4 Å². The lowest BCUT2D eigenvalue weighted by atomic mass is 9.94. The van der Waals surface area contributed by atoms with Crippen LogP contribution in [0.3, 0.4) is 0 Å². The summed E-state index contributed by atoms with van der Waals surface area (Å²) in [5.74, 6) is 1.23. The first kappa shape index (κ1) is 21.3. The van der Waals surface area contributed by atoms with Gasteiger partial charge in [-0.25, -0.2) is 8.42 Å². The average molecular weight is 417 g/mol. The predicted octanol–water partition coefficient (Wildman–Crippen LogP) is 3.54. The quantitative estimate of drug-likeness (QED) is 0.781. The van der Waals surface area contributed by atoms with Gasteiger partial charge in [0, 0.05) is 18.8 Å². The molecule has 2 aromatic rings. The summed E-state index contributed by atoms with van der Waals surface area (Å²) in [6, 6.07) is 13.7. The third kappa shape index (κ3) is 5.36.